The van der Waals surface area contributed by atoms with Crippen molar-refractivity contribution in [2.45, 2.75) is 26.2 Å². The zero-order valence-corrected chi connectivity index (χ0v) is 13.4. The van der Waals surface area contributed by atoms with Crippen LogP contribution in [0.5, 0.6) is 5.75 Å². The summed E-state index contributed by atoms with van der Waals surface area (Å²) < 4.78 is 5.77. The highest BCUT2D eigenvalue weighted by Crippen LogP contribution is 2.24. The Kier molecular flexibility index (Phi) is 5.66. The normalized spacial score (nSPS) is 12.2. The van der Waals surface area contributed by atoms with Gasteiger partial charge in [0.05, 0.1) is 6.61 Å². The summed E-state index contributed by atoms with van der Waals surface area (Å²) in [4.78, 5) is 0. The predicted octanol–water partition coefficient (Wildman–Crippen LogP) is 4.47. The number of hydrogen-bond donors (Lipinski definition) is 1. The zero-order valence-electron chi connectivity index (χ0n) is 12.6. The van der Waals surface area contributed by atoms with Gasteiger partial charge in [0, 0.05) is 5.02 Å². The van der Waals surface area contributed by atoms with Crippen LogP contribution in [-0.4, -0.2) is 13.2 Å². The van der Waals surface area contributed by atoms with Crippen molar-refractivity contribution in [3.05, 3.63) is 64.2 Å². The Morgan fingerprint density at radius 2 is 1.81 bits per heavy atom. The Morgan fingerprint density at radius 1 is 1.10 bits per heavy atom. The van der Waals surface area contributed by atoms with Crippen molar-refractivity contribution in [2.24, 2.45) is 5.73 Å². The average molecular weight is 304 g/mol. The molecule has 3 heteroatoms. The van der Waals surface area contributed by atoms with Crippen molar-refractivity contribution in [3.63, 3.8) is 0 Å². The lowest BCUT2D eigenvalue weighted by atomic mass is 9.91. The van der Waals surface area contributed by atoms with E-state index in [2.05, 4.69) is 32.0 Å². The van der Waals surface area contributed by atoms with Gasteiger partial charge in [-0.3, -0.25) is 0 Å². The van der Waals surface area contributed by atoms with Gasteiger partial charge >= 0.3 is 0 Å². The van der Waals surface area contributed by atoms with E-state index in [1.807, 2.05) is 24.3 Å². The minimum Gasteiger partial charge on any atom is -0.494 e. The molecule has 0 bridgehead atoms. The highest BCUT2D eigenvalue weighted by atomic mass is 35.5. The van der Waals surface area contributed by atoms with Crippen LogP contribution in [0.1, 0.15) is 29.0 Å². The zero-order chi connectivity index (χ0) is 15.2. The maximum Gasteiger partial charge on any atom is 0.119 e. The lowest BCUT2D eigenvalue weighted by Gasteiger charge is -2.18. The van der Waals surface area contributed by atoms with E-state index in [4.69, 9.17) is 22.1 Å². The van der Waals surface area contributed by atoms with Gasteiger partial charge in [-0.25, -0.2) is 0 Å². The van der Waals surface area contributed by atoms with E-state index >= 15 is 0 Å². The van der Waals surface area contributed by atoms with Crippen LogP contribution in [0, 0.1) is 13.8 Å². The topological polar surface area (TPSA) is 35.2 Å². The molecule has 0 saturated carbocycles. The molecule has 0 spiro atoms. The van der Waals surface area contributed by atoms with Crippen LogP contribution < -0.4 is 10.5 Å². The lowest BCUT2D eigenvalue weighted by Crippen LogP contribution is -2.16. The highest BCUT2D eigenvalue weighted by Gasteiger charge is 2.12. The molecule has 0 saturated heterocycles. The van der Waals surface area contributed by atoms with Crippen molar-refractivity contribution in [1.82, 2.24) is 0 Å². The van der Waals surface area contributed by atoms with Gasteiger partial charge in [0.15, 0.2) is 0 Å². The summed E-state index contributed by atoms with van der Waals surface area (Å²) in [6.45, 7) is 5.53. The van der Waals surface area contributed by atoms with Crippen LogP contribution in [0.4, 0.5) is 0 Å². The number of ether oxygens (including phenoxy) is 1. The summed E-state index contributed by atoms with van der Waals surface area (Å²) in [6, 6.07) is 14.0. The van der Waals surface area contributed by atoms with Gasteiger partial charge < -0.3 is 10.5 Å². The fraction of sp³-hybridized carbons (Fsp3) is 0.333. The van der Waals surface area contributed by atoms with E-state index < -0.39 is 0 Å². The molecule has 2 nitrogen and oxygen atoms in total. The van der Waals surface area contributed by atoms with E-state index in [0.717, 1.165) is 17.2 Å². The average Bonchev–Trinajstić information content (AvgIpc) is 2.48. The summed E-state index contributed by atoms with van der Waals surface area (Å²) in [5, 5.41) is 0.720. The first kappa shape index (κ1) is 15.9. The molecular formula is C18H22ClNO. The number of halogens is 1. The maximum absolute atomic E-state index is 5.95. The SMILES string of the molecule is Cc1ccc(C)c(C(CN)CCOc2ccc(Cl)cc2)c1. The molecule has 21 heavy (non-hydrogen) atoms. The van der Waals surface area contributed by atoms with Gasteiger partial charge in [-0.05, 0) is 68.1 Å². The molecule has 2 aromatic carbocycles. The molecule has 2 N–H and O–H groups in total. The standard InChI is InChI=1S/C18H22ClNO/c1-13-3-4-14(2)18(11-13)15(12-20)9-10-21-17-7-5-16(19)6-8-17/h3-8,11,15H,9-10,12,20H2,1-2H3. The third kappa shape index (κ3) is 4.48. The fourth-order valence-corrected chi connectivity index (χ4v) is 2.58. The van der Waals surface area contributed by atoms with Crippen molar-refractivity contribution in [1.29, 1.82) is 0 Å². The monoisotopic (exact) mass is 303 g/mol. The van der Waals surface area contributed by atoms with Crippen LogP contribution in [0.25, 0.3) is 0 Å². The molecule has 0 aliphatic carbocycles. The molecule has 0 aromatic heterocycles. The Labute approximate surface area is 131 Å². The first-order valence-electron chi connectivity index (χ1n) is 7.25. The minimum atomic E-state index is 0.331. The van der Waals surface area contributed by atoms with Gasteiger partial charge in [0.2, 0.25) is 0 Å². The molecule has 0 aliphatic heterocycles. The molecule has 0 fully saturated rings. The third-order valence-electron chi connectivity index (χ3n) is 3.71. The summed E-state index contributed by atoms with van der Waals surface area (Å²) in [7, 11) is 0. The van der Waals surface area contributed by atoms with Crippen molar-refractivity contribution in [2.75, 3.05) is 13.2 Å². The van der Waals surface area contributed by atoms with Gasteiger partial charge in [-0.15, -0.1) is 0 Å². The summed E-state index contributed by atoms with van der Waals surface area (Å²) in [5.74, 6) is 1.17. The Bertz CT molecular complexity index is 580. The van der Waals surface area contributed by atoms with E-state index in [-0.39, 0.29) is 0 Å². The van der Waals surface area contributed by atoms with Crippen LogP contribution in [0.3, 0.4) is 0 Å². The van der Waals surface area contributed by atoms with E-state index in [1.165, 1.54) is 16.7 Å². The van der Waals surface area contributed by atoms with Gasteiger partial charge in [0.1, 0.15) is 5.75 Å². The number of aryl methyl sites for hydroxylation is 2. The number of hydrogen-bond acceptors (Lipinski definition) is 2. The Balaban J connectivity index is 1.96. The van der Waals surface area contributed by atoms with Gasteiger partial charge in [0.25, 0.3) is 0 Å². The number of benzene rings is 2. The largest absolute Gasteiger partial charge is 0.494 e. The van der Waals surface area contributed by atoms with E-state index in [0.29, 0.717) is 19.1 Å². The number of rotatable bonds is 6. The Morgan fingerprint density at radius 3 is 2.48 bits per heavy atom. The molecule has 0 radical (unpaired) electrons. The first-order valence-corrected chi connectivity index (χ1v) is 7.63. The molecule has 0 aliphatic rings. The van der Waals surface area contributed by atoms with Crippen LogP contribution >= 0.6 is 11.6 Å². The molecule has 112 valence electrons. The smallest absolute Gasteiger partial charge is 0.119 e. The van der Waals surface area contributed by atoms with Crippen molar-refractivity contribution < 1.29 is 4.74 Å². The van der Waals surface area contributed by atoms with E-state index in [1.54, 1.807) is 0 Å². The summed E-state index contributed by atoms with van der Waals surface area (Å²) in [6.07, 6.45) is 0.906. The maximum atomic E-state index is 5.95. The lowest BCUT2D eigenvalue weighted by molar-refractivity contribution is 0.298. The van der Waals surface area contributed by atoms with Crippen LogP contribution in [0.15, 0.2) is 42.5 Å². The molecule has 0 heterocycles. The van der Waals surface area contributed by atoms with Crippen molar-refractivity contribution >= 4 is 11.6 Å². The van der Waals surface area contributed by atoms with Crippen molar-refractivity contribution in [3.8, 4) is 5.75 Å². The van der Waals surface area contributed by atoms with E-state index in [9.17, 15) is 0 Å². The van der Waals surface area contributed by atoms with Gasteiger partial charge in [-0.2, -0.15) is 0 Å². The summed E-state index contributed by atoms with van der Waals surface area (Å²) >= 11 is 5.86. The second-order valence-electron chi connectivity index (χ2n) is 5.38. The first-order chi connectivity index (χ1) is 10.1. The van der Waals surface area contributed by atoms with Crippen LogP contribution in [0.2, 0.25) is 5.02 Å². The van der Waals surface area contributed by atoms with Gasteiger partial charge in [-0.1, -0.05) is 35.4 Å². The fourth-order valence-electron chi connectivity index (χ4n) is 2.45. The molecule has 2 rings (SSSR count). The molecule has 2 aromatic rings. The Hall–Kier alpha value is -1.51. The quantitative estimate of drug-likeness (QED) is 0.854. The highest BCUT2D eigenvalue weighted by molar-refractivity contribution is 6.30. The minimum absolute atomic E-state index is 0.331. The predicted molar refractivity (Wildman–Crippen MR) is 89.3 cm³/mol. The van der Waals surface area contributed by atoms with Crippen LogP contribution in [-0.2, 0) is 0 Å². The summed E-state index contributed by atoms with van der Waals surface area (Å²) in [5.41, 5.74) is 9.85. The molecule has 1 unspecified atom stereocenters. The molecule has 1 atom stereocenters. The molecular weight excluding hydrogens is 282 g/mol. The molecule has 0 amide bonds. The number of nitrogens with two attached hydrogens (primary N) is 1. The second kappa shape index (κ2) is 7.48. The third-order valence-corrected chi connectivity index (χ3v) is 3.96. The second-order valence-corrected chi connectivity index (χ2v) is 5.82.